The summed E-state index contributed by atoms with van der Waals surface area (Å²) in [7, 11) is -3.65. The summed E-state index contributed by atoms with van der Waals surface area (Å²) in [5.74, 6) is -0.212. The molecule has 3 aromatic heterocycles. The van der Waals surface area contributed by atoms with Gasteiger partial charge in [0.1, 0.15) is 0 Å². The summed E-state index contributed by atoms with van der Waals surface area (Å²) in [6.45, 7) is 0.712. The highest BCUT2D eigenvalue weighted by Gasteiger charge is 2.30. The minimum absolute atomic E-state index is 0.172. The van der Waals surface area contributed by atoms with E-state index >= 15 is 0 Å². The third-order valence-electron chi connectivity index (χ3n) is 6.65. The van der Waals surface area contributed by atoms with Crippen LogP contribution in [-0.4, -0.2) is 60.9 Å². The number of nitrogens with zero attached hydrogens (tertiary/aromatic N) is 6. The average molecular weight is 568 g/mol. The van der Waals surface area contributed by atoms with Gasteiger partial charge in [0.2, 0.25) is 21.7 Å². The third kappa shape index (κ3) is 4.82. The fourth-order valence-electron chi connectivity index (χ4n) is 4.71. The Hall–Kier alpha value is -4.00. The molecule has 39 heavy (non-hydrogen) atoms. The van der Waals surface area contributed by atoms with E-state index in [1.165, 1.54) is 28.6 Å². The van der Waals surface area contributed by atoms with Gasteiger partial charge in [0, 0.05) is 48.8 Å². The maximum atomic E-state index is 13.5. The van der Waals surface area contributed by atoms with Crippen LogP contribution in [0.25, 0.3) is 22.9 Å². The van der Waals surface area contributed by atoms with Gasteiger partial charge in [0.05, 0.1) is 28.2 Å². The van der Waals surface area contributed by atoms with Gasteiger partial charge in [-0.1, -0.05) is 11.6 Å². The van der Waals surface area contributed by atoms with Gasteiger partial charge in [-0.25, -0.2) is 27.8 Å². The zero-order valence-electron chi connectivity index (χ0n) is 20.4. The summed E-state index contributed by atoms with van der Waals surface area (Å²) in [5.41, 5.74) is 1.87. The first kappa shape index (κ1) is 25.3. The molecule has 1 aliphatic heterocycles. The van der Waals surface area contributed by atoms with Crippen LogP contribution in [0.3, 0.4) is 0 Å². The Balaban J connectivity index is 1.22. The largest absolute Gasteiger partial charge is 0.505 e. The van der Waals surface area contributed by atoms with Crippen molar-refractivity contribution in [3.05, 3.63) is 84.2 Å². The molecule has 1 aliphatic rings. The molecule has 200 valence electrons. The molecule has 4 heterocycles. The van der Waals surface area contributed by atoms with Gasteiger partial charge in [-0.3, -0.25) is 8.97 Å². The Labute approximate surface area is 228 Å². The van der Waals surface area contributed by atoms with E-state index in [0.717, 1.165) is 6.42 Å². The Bertz CT molecular complexity index is 1770. The summed E-state index contributed by atoms with van der Waals surface area (Å²) in [4.78, 5) is 13.7. The number of imidazole rings is 2. The maximum absolute atomic E-state index is 13.5. The van der Waals surface area contributed by atoms with E-state index in [4.69, 9.17) is 11.6 Å². The molecule has 5 aromatic rings. The zero-order chi connectivity index (χ0) is 27.1. The molecule has 0 amide bonds. The minimum atomic E-state index is -3.65. The number of sulfonamides is 1. The van der Waals surface area contributed by atoms with Crippen molar-refractivity contribution in [2.24, 2.45) is 0 Å². The molecular weight excluding hydrogens is 545 g/mol. The first-order valence-electron chi connectivity index (χ1n) is 12.2. The molecule has 10 nitrogen and oxygen atoms in total. The monoisotopic (exact) mass is 567 g/mol. The number of halogens is 2. The highest BCUT2D eigenvalue weighted by molar-refractivity contribution is 7.89. The van der Waals surface area contributed by atoms with Gasteiger partial charge in [-0.05, 0) is 55.3 Å². The number of fused-ring (bicyclic) bond motifs is 1. The molecular formula is C26H23ClFN7O3S. The highest BCUT2D eigenvalue weighted by atomic mass is 35.5. The first-order chi connectivity index (χ1) is 18.8. The lowest BCUT2D eigenvalue weighted by atomic mass is 10.1. The summed E-state index contributed by atoms with van der Waals surface area (Å²) in [6, 6.07) is 11.8. The number of phenolic OH excluding ortho intramolecular Hbond substituents is 1. The molecule has 0 radical (unpaired) electrons. The van der Waals surface area contributed by atoms with Crippen LogP contribution >= 0.6 is 11.6 Å². The fraction of sp³-hybridized carbons (Fsp3) is 0.192. The second kappa shape index (κ2) is 9.95. The second-order valence-corrected chi connectivity index (χ2v) is 11.6. The minimum Gasteiger partial charge on any atom is -0.505 e. The van der Waals surface area contributed by atoms with E-state index in [9.17, 15) is 17.9 Å². The van der Waals surface area contributed by atoms with E-state index < -0.39 is 21.6 Å². The average Bonchev–Trinajstić information content (AvgIpc) is 3.54. The number of piperidine rings is 1. The first-order valence-corrected chi connectivity index (χ1v) is 14.0. The van der Waals surface area contributed by atoms with Crippen molar-refractivity contribution in [1.29, 1.82) is 0 Å². The number of aromatic hydroxyl groups is 1. The standard InChI is InChI=1S/C26H23ClFN7O3S/c27-17-3-6-20(7-4-17)39(37,38)33-11-1-2-18(16-33)31-25-29-10-9-22(32-25)23-15-30-26-34(12-13-35(23)26)19-5-8-21(28)24(36)14-19/h3-10,12-15,18,36H,1-2,11,16H2,(H,29,31,32)/t18-/m1/s1. The predicted molar refractivity (Wildman–Crippen MR) is 144 cm³/mol. The van der Waals surface area contributed by atoms with Gasteiger partial charge in [-0.15, -0.1) is 0 Å². The van der Waals surface area contributed by atoms with Gasteiger partial charge in [-0.2, -0.15) is 4.31 Å². The summed E-state index contributed by atoms with van der Waals surface area (Å²) in [6.07, 6.45) is 8.32. The number of anilines is 1. The van der Waals surface area contributed by atoms with Gasteiger partial charge < -0.3 is 10.4 Å². The SMILES string of the molecule is O=S(=O)(c1ccc(Cl)cc1)N1CCC[C@@H](Nc2nccc(-c3cnc4n(-c5ccc(F)c(O)c5)ccn34)n2)C1. The Morgan fingerprint density at radius 1 is 1.08 bits per heavy atom. The van der Waals surface area contributed by atoms with Crippen LogP contribution in [0.15, 0.2) is 78.2 Å². The van der Waals surface area contributed by atoms with Crippen molar-refractivity contribution in [2.45, 2.75) is 23.8 Å². The normalized spacial score (nSPS) is 16.5. The smallest absolute Gasteiger partial charge is 0.243 e. The van der Waals surface area contributed by atoms with Crippen molar-refractivity contribution in [2.75, 3.05) is 18.4 Å². The van der Waals surface area contributed by atoms with Crippen LogP contribution in [0.1, 0.15) is 12.8 Å². The second-order valence-electron chi connectivity index (χ2n) is 9.18. The fourth-order valence-corrected chi connectivity index (χ4v) is 6.36. The number of benzene rings is 2. The topological polar surface area (TPSA) is 118 Å². The molecule has 0 aliphatic carbocycles. The molecule has 0 unspecified atom stereocenters. The number of hydrogen-bond acceptors (Lipinski definition) is 7. The van der Waals surface area contributed by atoms with Crippen LogP contribution in [-0.2, 0) is 10.0 Å². The van der Waals surface area contributed by atoms with E-state index in [1.54, 1.807) is 53.6 Å². The summed E-state index contributed by atoms with van der Waals surface area (Å²) >= 11 is 5.92. The van der Waals surface area contributed by atoms with E-state index in [-0.39, 0.29) is 17.5 Å². The van der Waals surface area contributed by atoms with Crippen LogP contribution in [0.5, 0.6) is 5.75 Å². The Morgan fingerprint density at radius 2 is 1.90 bits per heavy atom. The molecule has 1 atom stereocenters. The van der Waals surface area contributed by atoms with E-state index in [2.05, 4.69) is 20.3 Å². The third-order valence-corrected chi connectivity index (χ3v) is 8.78. The molecule has 0 saturated carbocycles. The van der Waals surface area contributed by atoms with Crippen molar-refractivity contribution in [3.8, 4) is 22.8 Å². The summed E-state index contributed by atoms with van der Waals surface area (Å²) < 4.78 is 44.8. The Kier molecular flexibility index (Phi) is 6.45. The molecule has 2 N–H and O–H groups in total. The van der Waals surface area contributed by atoms with Crippen LogP contribution in [0.2, 0.25) is 5.02 Å². The van der Waals surface area contributed by atoms with Gasteiger partial charge in [0.25, 0.3) is 0 Å². The lowest BCUT2D eigenvalue weighted by molar-refractivity contribution is 0.326. The molecule has 0 spiro atoms. The number of nitrogens with one attached hydrogen (secondary N) is 1. The molecule has 1 fully saturated rings. The van der Waals surface area contributed by atoms with E-state index in [0.29, 0.717) is 46.8 Å². The van der Waals surface area contributed by atoms with Crippen LogP contribution in [0.4, 0.5) is 10.3 Å². The van der Waals surface area contributed by atoms with Crippen molar-refractivity contribution < 1.29 is 17.9 Å². The Morgan fingerprint density at radius 3 is 2.69 bits per heavy atom. The van der Waals surface area contributed by atoms with Crippen molar-refractivity contribution in [1.82, 2.24) is 28.2 Å². The molecule has 2 aromatic carbocycles. The molecule has 1 saturated heterocycles. The maximum Gasteiger partial charge on any atom is 0.243 e. The van der Waals surface area contributed by atoms with E-state index in [1.807, 2.05) is 4.40 Å². The van der Waals surface area contributed by atoms with Crippen molar-refractivity contribution in [3.63, 3.8) is 0 Å². The van der Waals surface area contributed by atoms with Crippen LogP contribution < -0.4 is 5.32 Å². The number of hydrogen-bond donors (Lipinski definition) is 2. The quantitative estimate of drug-likeness (QED) is 0.313. The van der Waals surface area contributed by atoms with Crippen LogP contribution in [0, 0.1) is 5.82 Å². The molecule has 6 rings (SSSR count). The number of phenols is 1. The van der Waals surface area contributed by atoms with Gasteiger partial charge >= 0.3 is 0 Å². The molecule has 13 heteroatoms. The van der Waals surface area contributed by atoms with Crippen molar-refractivity contribution >= 4 is 33.4 Å². The lowest BCUT2D eigenvalue weighted by Crippen LogP contribution is -2.45. The lowest BCUT2D eigenvalue weighted by Gasteiger charge is -2.32. The van der Waals surface area contributed by atoms with Gasteiger partial charge in [0.15, 0.2) is 11.6 Å². The predicted octanol–water partition coefficient (Wildman–Crippen LogP) is 4.35. The highest BCUT2D eigenvalue weighted by Crippen LogP contribution is 2.26. The number of aromatic nitrogens is 5. The number of rotatable bonds is 6. The molecule has 0 bridgehead atoms. The zero-order valence-corrected chi connectivity index (χ0v) is 22.0. The summed E-state index contributed by atoms with van der Waals surface area (Å²) in [5, 5.41) is 13.5.